The molecule has 2 aromatic rings. The molecule has 1 aliphatic heterocycles. The molecule has 0 unspecified atom stereocenters. The Bertz CT molecular complexity index is 770. The first-order valence-corrected chi connectivity index (χ1v) is 9.03. The number of esters is 1. The second-order valence-electron chi connectivity index (χ2n) is 6.23. The van der Waals surface area contributed by atoms with Crippen molar-refractivity contribution in [3.63, 3.8) is 0 Å². The predicted octanol–water partition coefficient (Wildman–Crippen LogP) is 3.84. The van der Waals surface area contributed by atoms with Gasteiger partial charge in [0.1, 0.15) is 5.15 Å². The summed E-state index contributed by atoms with van der Waals surface area (Å²) in [5.41, 5.74) is 0.952. The summed E-state index contributed by atoms with van der Waals surface area (Å²) in [6, 6.07) is 8.69. The average Bonchev–Trinajstić information content (AvgIpc) is 2.58. The third kappa shape index (κ3) is 4.48. The molecule has 5 nitrogen and oxygen atoms in total. The van der Waals surface area contributed by atoms with E-state index in [1.807, 2.05) is 12.1 Å². The van der Waals surface area contributed by atoms with Crippen molar-refractivity contribution in [3.05, 3.63) is 41.0 Å². The van der Waals surface area contributed by atoms with E-state index in [4.69, 9.17) is 16.3 Å². The van der Waals surface area contributed by atoms with Gasteiger partial charge in [0, 0.05) is 18.5 Å². The van der Waals surface area contributed by atoms with Gasteiger partial charge in [0.2, 0.25) is 0 Å². The van der Waals surface area contributed by atoms with Crippen LogP contribution in [0.15, 0.2) is 30.3 Å². The van der Waals surface area contributed by atoms with Gasteiger partial charge < -0.3 is 9.64 Å². The standard InChI is InChI=1S/C19H21ClN2O3/c20-17-12-15(14-8-4-5-9-16(14)21-17)19(24)25-13-18(23)22-10-6-2-1-3-7-11-22/h4-5,8-9,12H,1-3,6-7,10-11,13H2. The number of rotatable bonds is 3. The lowest BCUT2D eigenvalue weighted by Gasteiger charge is -2.24. The van der Waals surface area contributed by atoms with Gasteiger partial charge in [-0.15, -0.1) is 0 Å². The average molecular weight is 361 g/mol. The number of nitrogens with zero attached hydrogens (tertiary/aromatic N) is 2. The van der Waals surface area contributed by atoms with Gasteiger partial charge in [-0.2, -0.15) is 0 Å². The Morgan fingerprint density at radius 3 is 2.52 bits per heavy atom. The van der Waals surface area contributed by atoms with Gasteiger partial charge in [-0.05, 0) is 25.0 Å². The van der Waals surface area contributed by atoms with Crippen molar-refractivity contribution >= 4 is 34.4 Å². The number of carbonyl (C=O) groups is 2. The zero-order valence-electron chi connectivity index (χ0n) is 14.0. The summed E-state index contributed by atoms with van der Waals surface area (Å²) >= 11 is 5.99. The van der Waals surface area contributed by atoms with E-state index in [-0.39, 0.29) is 17.7 Å². The van der Waals surface area contributed by atoms with E-state index in [1.165, 1.54) is 12.5 Å². The Balaban J connectivity index is 1.67. The van der Waals surface area contributed by atoms with Crippen molar-refractivity contribution in [3.8, 4) is 0 Å². The molecule has 3 rings (SSSR count). The SMILES string of the molecule is O=C(OCC(=O)N1CCCCCCC1)c1cc(Cl)nc2ccccc12. The summed E-state index contributed by atoms with van der Waals surface area (Å²) in [5.74, 6) is -0.694. The number of benzene rings is 1. The lowest BCUT2D eigenvalue weighted by molar-refractivity contribution is -0.134. The molecule has 132 valence electrons. The molecule has 0 bridgehead atoms. The Morgan fingerprint density at radius 2 is 1.76 bits per heavy atom. The zero-order chi connectivity index (χ0) is 17.6. The normalized spacial score (nSPS) is 15.5. The quantitative estimate of drug-likeness (QED) is 0.616. The zero-order valence-corrected chi connectivity index (χ0v) is 14.8. The second kappa shape index (κ2) is 8.30. The van der Waals surface area contributed by atoms with Gasteiger partial charge in [0.15, 0.2) is 6.61 Å². The van der Waals surface area contributed by atoms with E-state index in [9.17, 15) is 9.59 Å². The molecule has 0 atom stereocenters. The predicted molar refractivity (Wildman–Crippen MR) is 96.7 cm³/mol. The van der Waals surface area contributed by atoms with Gasteiger partial charge in [0.25, 0.3) is 5.91 Å². The monoisotopic (exact) mass is 360 g/mol. The van der Waals surface area contributed by atoms with Crippen molar-refractivity contribution in [2.45, 2.75) is 32.1 Å². The maximum Gasteiger partial charge on any atom is 0.339 e. The highest BCUT2D eigenvalue weighted by Crippen LogP contribution is 2.21. The minimum absolute atomic E-state index is 0.139. The number of aromatic nitrogens is 1. The third-order valence-corrected chi connectivity index (χ3v) is 4.63. The summed E-state index contributed by atoms with van der Waals surface area (Å²) in [7, 11) is 0. The van der Waals surface area contributed by atoms with Crippen LogP contribution in [0.2, 0.25) is 5.15 Å². The first-order chi connectivity index (χ1) is 12.1. The number of carbonyl (C=O) groups excluding carboxylic acids is 2. The molecule has 1 aliphatic rings. The van der Waals surface area contributed by atoms with Crippen LogP contribution in [0.25, 0.3) is 10.9 Å². The Hall–Kier alpha value is -2.14. The highest BCUT2D eigenvalue weighted by molar-refractivity contribution is 6.30. The van der Waals surface area contributed by atoms with Gasteiger partial charge in [0.05, 0.1) is 11.1 Å². The van der Waals surface area contributed by atoms with Crippen LogP contribution < -0.4 is 0 Å². The summed E-state index contributed by atoms with van der Waals surface area (Å²) in [6.07, 6.45) is 5.53. The third-order valence-electron chi connectivity index (χ3n) is 4.44. The van der Waals surface area contributed by atoms with E-state index < -0.39 is 5.97 Å². The molecule has 1 aromatic carbocycles. The molecular formula is C19H21ClN2O3. The van der Waals surface area contributed by atoms with Crippen molar-refractivity contribution in [2.24, 2.45) is 0 Å². The molecular weight excluding hydrogens is 340 g/mol. The molecule has 25 heavy (non-hydrogen) atoms. The molecule has 1 amide bonds. The fourth-order valence-corrected chi connectivity index (χ4v) is 3.31. The maximum absolute atomic E-state index is 12.4. The van der Waals surface area contributed by atoms with Crippen LogP contribution >= 0.6 is 11.6 Å². The molecule has 1 aromatic heterocycles. The van der Waals surface area contributed by atoms with Crippen LogP contribution in [0.5, 0.6) is 0 Å². The molecule has 2 heterocycles. The fraction of sp³-hybridized carbons (Fsp3) is 0.421. The number of hydrogen-bond donors (Lipinski definition) is 0. The van der Waals surface area contributed by atoms with Gasteiger partial charge in [-0.1, -0.05) is 49.1 Å². The Morgan fingerprint density at radius 1 is 1.08 bits per heavy atom. The molecule has 0 spiro atoms. The van der Waals surface area contributed by atoms with Crippen molar-refractivity contribution in [2.75, 3.05) is 19.7 Å². The topological polar surface area (TPSA) is 59.5 Å². The van der Waals surface area contributed by atoms with Gasteiger partial charge in [-0.3, -0.25) is 4.79 Å². The van der Waals surface area contributed by atoms with Crippen LogP contribution in [0.3, 0.4) is 0 Å². The second-order valence-corrected chi connectivity index (χ2v) is 6.62. The minimum Gasteiger partial charge on any atom is -0.452 e. The number of halogens is 1. The summed E-state index contributed by atoms with van der Waals surface area (Å²) in [5, 5.41) is 0.886. The van der Waals surface area contributed by atoms with E-state index in [0.717, 1.165) is 38.8 Å². The molecule has 1 fully saturated rings. The number of ether oxygens (including phenoxy) is 1. The van der Waals surface area contributed by atoms with E-state index >= 15 is 0 Å². The molecule has 1 saturated heterocycles. The largest absolute Gasteiger partial charge is 0.452 e. The van der Waals surface area contributed by atoms with Crippen LogP contribution in [-0.4, -0.2) is 41.5 Å². The highest BCUT2D eigenvalue weighted by Gasteiger charge is 2.19. The highest BCUT2D eigenvalue weighted by atomic mass is 35.5. The number of amides is 1. The first-order valence-electron chi connectivity index (χ1n) is 8.65. The van der Waals surface area contributed by atoms with E-state index in [0.29, 0.717) is 16.5 Å². The number of fused-ring (bicyclic) bond motifs is 1. The molecule has 0 N–H and O–H groups in total. The van der Waals surface area contributed by atoms with Crippen molar-refractivity contribution < 1.29 is 14.3 Å². The van der Waals surface area contributed by atoms with Crippen molar-refractivity contribution in [1.29, 1.82) is 0 Å². The van der Waals surface area contributed by atoms with Gasteiger partial charge in [-0.25, -0.2) is 9.78 Å². The van der Waals surface area contributed by atoms with E-state index in [1.54, 1.807) is 17.0 Å². The summed E-state index contributed by atoms with van der Waals surface area (Å²) in [4.78, 5) is 30.8. The Labute approximate surface area is 151 Å². The van der Waals surface area contributed by atoms with Crippen LogP contribution in [-0.2, 0) is 9.53 Å². The number of hydrogen-bond acceptors (Lipinski definition) is 4. The number of likely N-dealkylation sites (tertiary alicyclic amines) is 1. The van der Waals surface area contributed by atoms with Crippen LogP contribution in [0.1, 0.15) is 42.5 Å². The van der Waals surface area contributed by atoms with Crippen LogP contribution in [0.4, 0.5) is 0 Å². The molecule has 0 saturated carbocycles. The Kier molecular flexibility index (Phi) is 5.87. The molecule has 0 radical (unpaired) electrons. The molecule has 6 heteroatoms. The lowest BCUT2D eigenvalue weighted by atomic mass is 10.1. The molecule has 0 aliphatic carbocycles. The van der Waals surface area contributed by atoms with Gasteiger partial charge >= 0.3 is 5.97 Å². The van der Waals surface area contributed by atoms with E-state index in [2.05, 4.69) is 4.98 Å². The number of pyridine rings is 1. The first kappa shape index (κ1) is 17.7. The minimum atomic E-state index is -0.555. The van der Waals surface area contributed by atoms with Crippen LogP contribution in [0, 0.1) is 0 Å². The maximum atomic E-state index is 12.4. The smallest absolute Gasteiger partial charge is 0.339 e. The summed E-state index contributed by atoms with van der Waals surface area (Å²) < 4.78 is 5.26. The van der Waals surface area contributed by atoms with Crippen molar-refractivity contribution in [1.82, 2.24) is 9.88 Å². The fourth-order valence-electron chi connectivity index (χ4n) is 3.11. The number of para-hydroxylation sites is 1. The summed E-state index contributed by atoms with van der Waals surface area (Å²) in [6.45, 7) is 1.23. The lowest BCUT2D eigenvalue weighted by Crippen LogP contribution is -2.36.